The smallest absolute Gasteiger partial charge is 0.150 e. The largest absolute Gasteiger partial charge is 0.376 e. The highest BCUT2D eigenvalue weighted by Gasteiger charge is 2.13. The van der Waals surface area contributed by atoms with Crippen molar-refractivity contribution in [3.05, 3.63) is 33.8 Å². The summed E-state index contributed by atoms with van der Waals surface area (Å²) in [6, 6.07) is 3.57. The fraction of sp³-hybridized carbons (Fsp3) is 0.300. The van der Waals surface area contributed by atoms with Crippen molar-refractivity contribution in [1.29, 1.82) is 0 Å². The third kappa shape index (κ3) is 1.60. The molecule has 0 unspecified atom stereocenters. The highest BCUT2D eigenvalue weighted by atomic mass is 35.5. The van der Waals surface area contributed by atoms with Crippen LogP contribution in [0.15, 0.2) is 12.1 Å². The van der Waals surface area contributed by atoms with E-state index in [4.69, 9.17) is 16.3 Å². The molecule has 0 bridgehead atoms. The number of halogens is 1. The van der Waals surface area contributed by atoms with Gasteiger partial charge in [0.1, 0.15) is 6.29 Å². The minimum absolute atomic E-state index is 0.566. The molecule has 0 aromatic heterocycles. The van der Waals surface area contributed by atoms with E-state index >= 15 is 0 Å². The average Bonchev–Trinajstić information content (AvgIpc) is 2.16. The van der Waals surface area contributed by atoms with E-state index in [1.54, 1.807) is 6.07 Å². The lowest BCUT2D eigenvalue weighted by molar-refractivity contribution is 0.107. The molecule has 1 aromatic rings. The van der Waals surface area contributed by atoms with E-state index in [0.717, 1.165) is 23.8 Å². The lowest BCUT2D eigenvalue weighted by Crippen LogP contribution is -2.12. The van der Waals surface area contributed by atoms with Crippen molar-refractivity contribution in [3.8, 4) is 0 Å². The molecule has 0 amide bonds. The van der Waals surface area contributed by atoms with Crippen LogP contribution in [-0.2, 0) is 17.8 Å². The number of aldehydes is 1. The van der Waals surface area contributed by atoms with Gasteiger partial charge >= 0.3 is 0 Å². The van der Waals surface area contributed by atoms with Crippen LogP contribution in [0.2, 0.25) is 5.02 Å². The first-order valence-corrected chi connectivity index (χ1v) is 4.53. The topological polar surface area (TPSA) is 26.3 Å². The number of rotatable bonds is 1. The zero-order valence-corrected chi connectivity index (χ0v) is 7.80. The second kappa shape index (κ2) is 3.48. The minimum atomic E-state index is 0.566. The molecule has 68 valence electrons. The summed E-state index contributed by atoms with van der Waals surface area (Å²) < 4.78 is 5.28. The van der Waals surface area contributed by atoms with E-state index in [1.807, 2.05) is 6.07 Å². The first-order chi connectivity index (χ1) is 6.31. The number of benzene rings is 1. The fourth-order valence-electron chi connectivity index (χ4n) is 1.61. The number of carbonyl (C=O) groups is 1. The maximum absolute atomic E-state index is 10.7. The molecule has 0 saturated heterocycles. The van der Waals surface area contributed by atoms with Crippen LogP contribution in [0.3, 0.4) is 0 Å². The molecule has 13 heavy (non-hydrogen) atoms. The molecule has 1 heterocycles. The second-order valence-electron chi connectivity index (χ2n) is 3.05. The first-order valence-electron chi connectivity index (χ1n) is 4.15. The van der Waals surface area contributed by atoms with E-state index in [2.05, 4.69) is 0 Å². The van der Waals surface area contributed by atoms with E-state index < -0.39 is 0 Å². The summed E-state index contributed by atoms with van der Waals surface area (Å²) in [6.45, 7) is 1.26. The molecule has 3 heteroatoms. The van der Waals surface area contributed by atoms with E-state index in [-0.39, 0.29) is 0 Å². The molecule has 1 aromatic carbocycles. The lowest BCUT2D eigenvalue weighted by Gasteiger charge is -2.18. The number of ether oxygens (including phenoxy) is 1. The molecule has 2 nitrogen and oxygen atoms in total. The Morgan fingerprint density at radius 2 is 2.31 bits per heavy atom. The number of hydrogen-bond acceptors (Lipinski definition) is 2. The number of fused-ring (bicyclic) bond motifs is 1. The molecule has 0 radical (unpaired) electrons. The normalized spacial score (nSPS) is 15.2. The Hall–Kier alpha value is -0.860. The fourth-order valence-corrected chi connectivity index (χ4v) is 1.86. The highest BCUT2D eigenvalue weighted by molar-refractivity contribution is 6.31. The van der Waals surface area contributed by atoms with Gasteiger partial charge in [-0.1, -0.05) is 11.6 Å². The molecule has 0 saturated carbocycles. The Kier molecular flexibility index (Phi) is 2.34. The van der Waals surface area contributed by atoms with Crippen LogP contribution >= 0.6 is 11.6 Å². The van der Waals surface area contributed by atoms with E-state index in [9.17, 15) is 4.79 Å². The van der Waals surface area contributed by atoms with Crippen LogP contribution in [0, 0.1) is 0 Å². The lowest BCUT2D eigenvalue weighted by atomic mass is 9.98. The Morgan fingerprint density at radius 1 is 1.46 bits per heavy atom. The van der Waals surface area contributed by atoms with Crippen molar-refractivity contribution in [2.24, 2.45) is 0 Å². The monoisotopic (exact) mass is 196 g/mol. The van der Waals surface area contributed by atoms with Gasteiger partial charge in [-0.3, -0.25) is 4.79 Å². The van der Waals surface area contributed by atoms with Crippen LogP contribution in [0.25, 0.3) is 0 Å². The van der Waals surface area contributed by atoms with Gasteiger partial charge < -0.3 is 4.74 Å². The van der Waals surface area contributed by atoms with Gasteiger partial charge in [0.05, 0.1) is 13.2 Å². The first kappa shape index (κ1) is 8.73. The number of carbonyl (C=O) groups excluding carboxylic acids is 1. The van der Waals surface area contributed by atoms with E-state index in [0.29, 0.717) is 23.8 Å². The summed E-state index contributed by atoms with van der Waals surface area (Å²) >= 11 is 5.85. The molecule has 0 fully saturated rings. The molecule has 1 aliphatic heterocycles. The van der Waals surface area contributed by atoms with Crippen molar-refractivity contribution in [2.45, 2.75) is 13.0 Å². The molecular weight excluding hydrogens is 188 g/mol. The van der Waals surface area contributed by atoms with Gasteiger partial charge in [0.15, 0.2) is 0 Å². The molecule has 0 aliphatic carbocycles. The standard InChI is InChI=1S/C10H9ClO2/c11-9-3-7(5-12)10-1-2-13-6-8(10)4-9/h3-5H,1-2,6H2. The van der Waals surface area contributed by atoms with Crippen molar-refractivity contribution < 1.29 is 9.53 Å². The van der Waals surface area contributed by atoms with Crippen molar-refractivity contribution >= 4 is 17.9 Å². The van der Waals surface area contributed by atoms with Crippen LogP contribution in [-0.4, -0.2) is 12.9 Å². The van der Waals surface area contributed by atoms with Crippen molar-refractivity contribution in [1.82, 2.24) is 0 Å². The zero-order valence-electron chi connectivity index (χ0n) is 7.05. The van der Waals surface area contributed by atoms with Gasteiger partial charge in [-0.15, -0.1) is 0 Å². The summed E-state index contributed by atoms with van der Waals surface area (Å²) in [5.41, 5.74) is 2.83. The van der Waals surface area contributed by atoms with Gasteiger partial charge in [0.25, 0.3) is 0 Å². The summed E-state index contributed by atoms with van der Waals surface area (Å²) in [4.78, 5) is 10.7. The molecular formula is C10H9ClO2. The molecule has 2 rings (SSSR count). The predicted octanol–water partition coefficient (Wildman–Crippen LogP) is 2.23. The Bertz CT molecular complexity index is 347. The van der Waals surface area contributed by atoms with Gasteiger partial charge in [-0.2, -0.15) is 0 Å². The molecule has 0 N–H and O–H groups in total. The summed E-state index contributed by atoms with van der Waals surface area (Å²) in [5.74, 6) is 0. The van der Waals surface area contributed by atoms with Crippen LogP contribution in [0.4, 0.5) is 0 Å². The third-order valence-corrected chi connectivity index (χ3v) is 2.44. The van der Waals surface area contributed by atoms with Gasteiger partial charge in [0, 0.05) is 10.6 Å². The maximum atomic E-state index is 10.7. The average molecular weight is 197 g/mol. The van der Waals surface area contributed by atoms with Crippen LogP contribution in [0.1, 0.15) is 21.5 Å². The predicted molar refractivity (Wildman–Crippen MR) is 50.2 cm³/mol. The minimum Gasteiger partial charge on any atom is -0.376 e. The molecule has 0 atom stereocenters. The second-order valence-corrected chi connectivity index (χ2v) is 3.49. The SMILES string of the molecule is O=Cc1cc(Cl)cc2c1CCOC2. The van der Waals surface area contributed by atoms with Crippen molar-refractivity contribution in [3.63, 3.8) is 0 Å². The van der Waals surface area contributed by atoms with Gasteiger partial charge in [-0.05, 0) is 29.7 Å². The Labute approximate surface area is 81.5 Å². The third-order valence-electron chi connectivity index (χ3n) is 2.22. The van der Waals surface area contributed by atoms with Gasteiger partial charge in [0.2, 0.25) is 0 Å². The maximum Gasteiger partial charge on any atom is 0.150 e. The Balaban J connectivity index is 2.56. The Morgan fingerprint density at radius 3 is 3.08 bits per heavy atom. The van der Waals surface area contributed by atoms with E-state index in [1.165, 1.54) is 0 Å². The number of hydrogen-bond donors (Lipinski definition) is 0. The highest BCUT2D eigenvalue weighted by Crippen LogP contribution is 2.24. The summed E-state index contributed by atoms with van der Waals surface area (Å²) in [5, 5.41) is 0.603. The zero-order chi connectivity index (χ0) is 9.26. The van der Waals surface area contributed by atoms with Crippen molar-refractivity contribution in [2.75, 3.05) is 6.61 Å². The van der Waals surface area contributed by atoms with Crippen LogP contribution < -0.4 is 0 Å². The summed E-state index contributed by atoms with van der Waals surface area (Å²) in [6.07, 6.45) is 1.66. The quantitative estimate of drug-likeness (QED) is 0.644. The van der Waals surface area contributed by atoms with Crippen LogP contribution in [0.5, 0.6) is 0 Å². The molecule has 0 spiro atoms. The van der Waals surface area contributed by atoms with Gasteiger partial charge in [-0.25, -0.2) is 0 Å². The summed E-state index contributed by atoms with van der Waals surface area (Å²) in [7, 11) is 0. The molecule has 1 aliphatic rings.